The van der Waals surface area contributed by atoms with Gasteiger partial charge in [-0.25, -0.2) is 0 Å². The number of hydrogen-bond donors (Lipinski definition) is 2. The first-order valence-electron chi connectivity index (χ1n) is 0.651. The summed E-state index contributed by atoms with van der Waals surface area (Å²) in [6.07, 6.45) is 0. The molecule has 0 saturated carbocycles. The summed E-state index contributed by atoms with van der Waals surface area (Å²) >= 11 is 3.65. The largest absolute Gasteiger partial charge is 0.473 e. The topological polar surface area (TPSA) is 40.5 Å². The Bertz CT molecular complexity index is 29.0. The van der Waals surface area contributed by atoms with Crippen molar-refractivity contribution >= 4 is 17.5 Å². The molecule has 0 atom stereocenters. The molecule has 0 aromatic rings. The van der Waals surface area contributed by atoms with Gasteiger partial charge in [-0.3, -0.25) is 0 Å². The molecule has 4 heavy (non-hydrogen) atoms. The van der Waals surface area contributed by atoms with E-state index >= 15 is 0 Å². The van der Waals surface area contributed by atoms with Crippen molar-refractivity contribution in [2.24, 2.45) is 0 Å². The van der Waals surface area contributed by atoms with Gasteiger partial charge in [-0.05, 0) is 0 Å². The summed E-state index contributed by atoms with van der Waals surface area (Å²) < 4.78 is 0. The van der Waals surface area contributed by atoms with Crippen LogP contribution in [0.25, 0.3) is 0 Å². The van der Waals surface area contributed by atoms with Crippen molar-refractivity contribution < 1.29 is 10.2 Å². The first-order valence-corrected chi connectivity index (χ1v) is 1.06. The van der Waals surface area contributed by atoms with Crippen LogP contribution in [-0.4, -0.2) is 15.4 Å². The fourth-order valence-corrected chi connectivity index (χ4v) is 0. The molecule has 2 nitrogen and oxygen atoms in total. The summed E-state index contributed by atoms with van der Waals surface area (Å²) in [5.74, 6) is 0. The van der Waals surface area contributed by atoms with Gasteiger partial charge < -0.3 is 10.2 Å². The average Bonchev–Trinajstić information content (AvgIpc) is 0.811. The van der Waals surface area contributed by atoms with Crippen LogP contribution < -0.4 is 0 Å². The van der Waals surface area contributed by atoms with Gasteiger partial charge in [0, 0.05) is 12.2 Å². The second kappa shape index (κ2) is 1.06. The Labute approximate surface area is 28.7 Å². The molecule has 0 aliphatic carbocycles. The van der Waals surface area contributed by atoms with Crippen molar-refractivity contribution in [2.75, 3.05) is 0 Å². The van der Waals surface area contributed by atoms with Crippen LogP contribution in [0, 0.1) is 0 Å². The van der Waals surface area contributed by atoms with Crippen LogP contribution in [0.1, 0.15) is 0 Å². The van der Waals surface area contributed by atoms with Crippen LogP contribution in [0.15, 0.2) is 0 Å². The molecule has 0 bridgehead atoms. The lowest BCUT2D eigenvalue weighted by Crippen LogP contribution is -1.80. The van der Waals surface area contributed by atoms with Gasteiger partial charge in [-0.1, -0.05) is 0 Å². The Morgan fingerprint density at radius 2 is 1.50 bits per heavy atom. The van der Waals surface area contributed by atoms with Crippen LogP contribution in [0.4, 0.5) is 0 Å². The van der Waals surface area contributed by atoms with Crippen molar-refractivity contribution in [1.82, 2.24) is 0 Å². The Balaban J connectivity index is 2.80. The first kappa shape index (κ1) is 3.69. The molecule has 0 spiro atoms. The van der Waals surface area contributed by atoms with Crippen LogP contribution in [0.5, 0.6) is 0 Å². The van der Waals surface area contributed by atoms with Gasteiger partial charge in [0.1, 0.15) is 0 Å². The highest BCUT2D eigenvalue weighted by Gasteiger charge is 1.62. The van der Waals surface area contributed by atoms with Gasteiger partial charge in [0.05, 0.1) is 0 Å². The highest BCUT2D eigenvalue weighted by Crippen LogP contribution is 1.47. The Morgan fingerprint density at radius 1 is 1.50 bits per heavy atom. The zero-order valence-corrected chi connectivity index (χ0v) is 2.62. The van der Waals surface area contributed by atoms with Crippen molar-refractivity contribution in [3.05, 3.63) is 0 Å². The molecule has 0 saturated heterocycles. The van der Waals surface area contributed by atoms with E-state index in [1.54, 1.807) is 0 Å². The monoisotopic (exact) mass is 78.0 g/mol. The van der Waals surface area contributed by atoms with Gasteiger partial charge in [-0.15, -0.1) is 0 Å². The fourth-order valence-electron chi connectivity index (χ4n) is 0. The molecule has 0 aliphatic heterocycles. The van der Waals surface area contributed by atoms with Crippen molar-refractivity contribution in [3.8, 4) is 0 Å². The summed E-state index contributed by atoms with van der Waals surface area (Å²) in [7, 11) is 0. The maximum Gasteiger partial charge on any atom is 0.347 e. The molecule has 0 amide bonds. The molecule has 0 heterocycles. The SMILES string of the molecule is OC(O)=S. The Kier molecular flexibility index (Phi) is 0.979. The van der Waals surface area contributed by atoms with Crippen LogP contribution >= 0.6 is 12.2 Å². The van der Waals surface area contributed by atoms with Gasteiger partial charge >= 0.3 is 5.24 Å². The van der Waals surface area contributed by atoms with Gasteiger partial charge in [0.25, 0.3) is 0 Å². The quantitative estimate of drug-likeness (QED) is 0.412. The second-order valence-electron chi connectivity index (χ2n) is 0.283. The molecule has 0 rings (SSSR count). The molecule has 3 heteroatoms. The molecule has 0 aliphatic rings. The van der Waals surface area contributed by atoms with Crippen molar-refractivity contribution in [3.63, 3.8) is 0 Å². The van der Waals surface area contributed by atoms with Gasteiger partial charge in [0.15, 0.2) is 0 Å². The van der Waals surface area contributed by atoms with E-state index in [9.17, 15) is 0 Å². The summed E-state index contributed by atoms with van der Waals surface area (Å²) in [5, 5.41) is 13.7. The van der Waals surface area contributed by atoms with E-state index in [0.717, 1.165) is 0 Å². The number of rotatable bonds is 0. The van der Waals surface area contributed by atoms with Crippen LogP contribution in [0.2, 0.25) is 0 Å². The maximum absolute atomic E-state index is 7.34. The minimum Gasteiger partial charge on any atom is -0.473 e. The van der Waals surface area contributed by atoms with Crippen molar-refractivity contribution in [1.29, 1.82) is 0 Å². The minimum absolute atomic E-state index is 1.000. The molecule has 2 N–H and O–H groups in total. The third-order valence-electron chi connectivity index (χ3n) is 0. The predicted molar refractivity (Wildman–Crippen MR) is 17.9 cm³/mol. The normalized spacial score (nSPS) is 6.00. The van der Waals surface area contributed by atoms with E-state index in [2.05, 4.69) is 12.2 Å². The molecule has 0 aromatic heterocycles. The van der Waals surface area contributed by atoms with E-state index in [1.807, 2.05) is 0 Å². The lowest BCUT2D eigenvalue weighted by atomic mass is 11.5. The summed E-state index contributed by atoms with van der Waals surface area (Å²) in [6.45, 7) is 0. The van der Waals surface area contributed by atoms with E-state index in [1.165, 1.54) is 0 Å². The van der Waals surface area contributed by atoms with Gasteiger partial charge in [-0.2, -0.15) is 0 Å². The first-order chi connectivity index (χ1) is 1.73. The molecule has 0 radical (unpaired) electrons. The molecule has 0 aromatic carbocycles. The second-order valence-corrected chi connectivity index (χ2v) is 0.648. The summed E-state index contributed by atoms with van der Waals surface area (Å²) in [4.78, 5) is 0. The van der Waals surface area contributed by atoms with Gasteiger partial charge in [0.2, 0.25) is 0 Å². The smallest absolute Gasteiger partial charge is 0.347 e. The minimum atomic E-state index is -1.000. The fraction of sp³-hybridized carbons (Fsp3) is 0. The third-order valence-corrected chi connectivity index (χ3v) is 0. The molecule has 24 valence electrons. The van der Waals surface area contributed by atoms with Crippen LogP contribution in [0.3, 0.4) is 0 Å². The zero-order chi connectivity index (χ0) is 3.58. The van der Waals surface area contributed by atoms with E-state index < -0.39 is 5.24 Å². The molecule has 0 unspecified atom stereocenters. The van der Waals surface area contributed by atoms with E-state index in [0.29, 0.717) is 0 Å². The molecule has 0 fully saturated rings. The van der Waals surface area contributed by atoms with E-state index in [-0.39, 0.29) is 0 Å². The highest BCUT2D eigenvalue weighted by molar-refractivity contribution is 7.79. The van der Waals surface area contributed by atoms with Crippen LogP contribution in [-0.2, 0) is 0 Å². The number of aliphatic hydroxyl groups excluding tert-OH is 1. The number of hydrogen-bond acceptors (Lipinski definition) is 1. The summed E-state index contributed by atoms with van der Waals surface area (Å²) in [5.41, 5.74) is 0. The zero-order valence-electron chi connectivity index (χ0n) is 1.80. The summed E-state index contributed by atoms with van der Waals surface area (Å²) in [6, 6.07) is 0. The lowest BCUT2D eigenvalue weighted by molar-refractivity contribution is 0.386. The number of aliphatic hydroxyl groups is 2. The number of thiocarbonyl (C=S) groups is 1. The average molecular weight is 78.1 g/mol. The standard InChI is InChI=1S/CH2O2S/c2-1(3)4/h(H2,2,3,4). The Morgan fingerprint density at radius 3 is 1.50 bits per heavy atom. The molecular weight excluding hydrogens is 76.1 g/mol. The predicted octanol–water partition coefficient (Wildman–Crippen LogP) is 0.387. The maximum atomic E-state index is 7.34. The Hall–Kier alpha value is -0.310. The lowest BCUT2D eigenvalue weighted by Gasteiger charge is -1.65. The van der Waals surface area contributed by atoms with E-state index in [4.69, 9.17) is 10.2 Å². The van der Waals surface area contributed by atoms with Crippen molar-refractivity contribution in [2.45, 2.75) is 0 Å². The highest BCUT2D eigenvalue weighted by atomic mass is 32.1. The molecular formula is CH2O2S. The third kappa shape index (κ3) is 8.37.